The fourth-order valence-corrected chi connectivity index (χ4v) is 8.78. The van der Waals surface area contributed by atoms with Crippen molar-refractivity contribution in [3.63, 3.8) is 0 Å². The quantitative estimate of drug-likeness (QED) is 0.185. The Kier molecular flexibility index (Phi) is 18.7. The third-order valence-electron chi connectivity index (χ3n) is 4.45. The summed E-state index contributed by atoms with van der Waals surface area (Å²) in [6.45, 7) is 17.4. The summed E-state index contributed by atoms with van der Waals surface area (Å²) >= 11 is 0. The highest BCUT2D eigenvalue weighted by Gasteiger charge is 2.41. The molecule has 0 aliphatic heterocycles. The van der Waals surface area contributed by atoms with E-state index in [1.807, 2.05) is 34.6 Å². The molecule has 1 unspecified atom stereocenters. The van der Waals surface area contributed by atoms with Gasteiger partial charge in [0.15, 0.2) is 0 Å². The molecule has 0 amide bonds. The van der Waals surface area contributed by atoms with E-state index < -0.39 is 17.6 Å². The van der Waals surface area contributed by atoms with Crippen molar-refractivity contribution in [3.8, 4) is 0 Å². The van der Waals surface area contributed by atoms with Crippen LogP contribution in [0.5, 0.6) is 0 Å². The van der Waals surface area contributed by atoms with Crippen LogP contribution in [0, 0.1) is 0 Å². The van der Waals surface area contributed by atoms with Crippen molar-refractivity contribution >= 4 is 17.6 Å². The molecule has 0 saturated heterocycles. The number of rotatable bonds is 22. The molecule has 0 saturated carbocycles. The van der Waals surface area contributed by atoms with E-state index in [0.717, 1.165) is 44.4 Å². The minimum Gasteiger partial charge on any atom is -0.374 e. The van der Waals surface area contributed by atoms with E-state index in [9.17, 15) is 0 Å². The average molecular weight is 469 g/mol. The SMILES string of the molecule is CCO[Si](CCCNCCC(C)O[Si](CCCN)(OCC)OCC)(OCC)OCC. The maximum Gasteiger partial charge on any atom is 0.501 e. The molecule has 0 aromatic heterocycles. The van der Waals surface area contributed by atoms with Gasteiger partial charge in [0, 0.05) is 51.2 Å². The van der Waals surface area contributed by atoms with Gasteiger partial charge in [0.25, 0.3) is 0 Å². The van der Waals surface area contributed by atoms with E-state index in [1.54, 1.807) is 0 Å². The van der Waals surface area contributed by atoms with Crippen LogP contribution in [-0.4, -0.2) is 76.4 Å². The van der Waals surface area contributed by atoms with Gasteiger partial charge in [-0.2, -0.15) is 0 Å². The Morgan fingerprint density at radius 3 is 1.63 bits per heavy atom. The number of nitrogens with two attached hydrogens (primary N) is 1. The summed E-state index contributed by atoms with van der Waals surface area (Å²) in [5.74, 6) is 0. The lowest BCUT2D eigenvalue weighted by Crippen LogP contribution is -2.48. The lowest BCUT2D eigenvalue weighted by atomic mass is 10.3. The van der Waals surface area contributed by atoms with Gasteiger partial charge in [-0.3, -0.25) is 0 Å². The molecule has 0 rings (SSSR count). The molecule has 8 nitrogen and oxygen atoms in total. The zero-order valence-corrected chi connectivity index (χ0v) is 22.3. The summed E-state index contributed by atoms with van der Waals surface area (Å²) in [6, 6.07) is 1.59. The highest BCUT2D eigenvalue weighted by Crippen LogP contribution is 2.21. The maximum absolute atomic E-state index is 6.32. The minimum atomic E-state index is -2.66. The summed E-state index contributed by atoms with van der Waals surface area (Å²) in [5.41, 5.74) is 5.69. The molecule has 30 heavy (non-hydrogen) atoms. The van der Waals surface area contributed by atoms with Gasteiger partial charge >= 0.3 is 17.6 Å². The van der Waals surface area contributed by atoms with Crippen LogP contribution in [0.3, 0.4) is 0 Å². The van der Waals surface area contributed by atoms with Crippen molar-refractivity contribution in [3.05, 3.63) is 0 Å². The van der Waals surface area contributed by atoms with Crippen LogP contribution in [-0.2, 0) is 26.6 Å². The van der Waals surface area contributed by atoms with E-state index in [2.05, 4.69) is 12.2 Å². The van der Waals surface area contributed by atoms with Crippen molar-refractivity contribution in [2.45, 2.75) is 79.0 Å². The summed E-state index contributed by atoms with van der Waals surface area (Å²) in [5, 5.41) is 3.50. The Morgan fingerprint density at radius 2 is 1.17 bits per heavy atom. The molecule has 0 radical (unpaired) electrons. The fraction of sp³-hybridized carbons (Fsp3) is 1.00. The highest BCUT2D eigenvalue weighted by molar-refractivity contribution is 6.61. The van der Waals surface area contributed by atoms with Gasteiger partial charge in [-0.1, -0.05) is 0 Å². The smallest absolute Gasteiger partial charge is 0.374 e. The normalized spacial score (nSPS) is 13.7. The third kappa shape index (κ3) is 12.8. The Balaban J connectivity index is 4.39. The van der Waals surface area contributed by atoms with Gasteiger partial charge in [0.1, 0.15) is 0 Å². The van der Waals surface area contributed by atoms with Gasteiger partial charge in [-0.15, -0.1) is 0 Å². The van der Waals surface area contributed by atoms with Crippen LogP contribution < -0.4 is 11.1 Å². The maximum atomic E-state index is 6.32. The first-order valence-electron chi connectivity index (χ1n) is 11.7. The molecule has 1 atom stereocenters. The molecule has 0 fully saturated rings. The average Bonchev–Trinajstić information content (AvgIpc) is 2.70. The highest BCUT2D eigenvalue weighted by atomic mass is 28.4. The fourth-order valence-electron chi connectivity index (χ4n) is 3.30. The zero-order valence-electron chi connectivity index (χ0n) is 20.3. The van der Waals surface area contributed by atoms with Crippen molar-refractivity contribution in [2.75, 3.05) is 52.7 Å². The molecule has 182 valence electrons. The second-order valence-corrected chi connectivity index (χ2v) is 12.4. The molecule has 0 heterocycles. The number of nitrogens with one attached hydrogen (secondary N) is 1. The van der Waals surface area contributed by atoms with Crippen molar-refractivity contribution in [1.29, 1.82) is 0 Å². The molecule has 3 N–H and O–H groups in total. The molecule has 0 aliphatic rings. The third-order valence-corrected chi connectivity index (χ3v) is 10.8. The monoisotopic (exact) mass is 468 g/mol. The van der Waals surface area contributed by atoms with Gasteiger partial charge in [0.05, 0.1) is 0 Å². The first-order valence-corrected chi connectivity index (χ1v) is 15.6. The molecule has 0 bridgehead atoms. The van der Waals surface area contributed by atoms with Crippen molar-refractivity contribution in [1.82, 2.24) is 5.32 Å². The van der Waals surface area contributed by atoms with E-state index in [4.69, 9.17) is 32.3 Å². The second-order valence-electron chi connectivity index (χ2n) is 6.99. The Labute approximate surface area is 187 Å². The van der Waals surface area contributed by atoms with E-state index in [-0.39, 0.29) is 6.10 Å². The summed E-state index contributed by atoms with van der Waals surface area (Å²) in [6.07, 6.45) is 2.75. The van der Waals surface area contributed by atoms with Gasteiger partial charge in [0.2, 0.25) is 0 Å². The van der Waals surface area contributed by atoms with Crippen molar-refractivity contribution in [2.24, 2.45) is 5.73 Å². The standard InChI is InChI=1S/C20H48N2O6Si2/c1-7-23-29(24-8-2,25-9-3)19-13-16-22-17-14-20(6)28-30(26-10-4,27-11-5)18-12-15-21/h20,22H,7-19,21H2,1-6H3. The summed E-state index contributed by atoms with van der Waals surface area (Å²) in [4.78, 5) is 0. The molecular formula is C20H48N2O6Si2. The van der Waals surface area contributed by atoms with Gasteiger partial charge < -0.3 is 37.6 Å². The molecule has 0 spiro atoms. The Morgan fingerprint density at radius 1 is 0.700 bits per heavy atom. The first-order chi connectivity index (χ1) is 14.5. The van der Waals surface area contributed by atoms with E-state index in [0.29, 0.717) is 39.6 Å². The van der Waals surface area contributed by atoms with Crippen molar-refractivity contribution < 1.29 is 26.6 Å². The molecule has 0 aromatic rings. The molecule has 0 aromatic carbocycles. The summed E-state index contributed by atoms with van der Waals surface area (Å²) in [7, 11) is -5.20. The van der Waals surface area contributed by atoms with Crippen LogP contribution in [0.15, 0.2) is 0 Å². The lowest BCUT2D eigenvalue weighted by Gasteiger charge is -2.32. The summed E-state index contributed by atoms with van der Waals surface area (Å²) < 4.78 is 36.0. The molecule has 0 aliphatic carbocycles. The minimum absolute atomic E-state index is 0.0591. The predicted octanol–water partition coefficient (Wildman–Crippen LogP) is 3.17. The first kappa shape index (κ1) is 30.1. The van der Waals surface area contributed by atoms with Crippen LogP contribution in [0.1, 0.15) is 60.8 Å². The Hall–Kier alpha value is 0.114. The van der Waals surface area contributed by atoms with Crippen LogP contribution in [0.4, 0.5) is 0 Å². The van der Waals surface area contributed by atoms with Crippen LogP contribution in [0.2, 0.25) is 12.1 Å². The predicted molar refractivity (Wildman–Crippen MR) is 126 cm³/mol. The topological polar surface area (TPSA) is 93.4 Å². The largest absolute Gasteiger partial charge is 0.501 e. The van der Waals surface area contributed by atoms with E-state index >= 15 is 0 Å². The number of hydrogen-bond donors (Lipinski definition) is 2. The van der Waals surface area contributed by atoms with Gasteiger partial charge in [-0.25, -0.2) is 0 Å². The molecular weight excluding hydrogens is 420 g/mol. The molecule has 10 heteroatoms. The van der Waals surface area contributed by atoms with Crippen LogP contribution in [0.25, 0.3) is 0 Å². The number of hydrogen-bond acceptors (Lipinski definition) is 8. The second kappa shape index (κ2) is 18.7. The zero-order chi connectivity index (χ0) is 22.7. The van der Waals surface area contributed by atoms with Crippen LogP contribution >= 0.6 is 0 Å². The Bertz CT molecular complexity index is 373. The van der Waals surface area contributed by atoms with Gasteiger partial charge in [-0.05, 0) is 80.4 Å². The van der Waals surface area contributed by atoms with E-state index in [1.165, 1.54) is 0 Å². The lowest BCUT2D eigenvalue weighted by molar-refractivity contribution is 0.0354.